The first kappa shape index (κ1) is 105. The Balaban J connectivity index is 1.47. The van der Waals surface area contributed by atoms with Gasteiger partial charge in [0.05, 0.1) is 19.8 Å². The van der Waals surface area contributed by atoms with E-state index in [9.17, 15) is 0 Å². The van der Waals surface area contributed by atoms with Crippen molar-refractivity contribution < 1.29 is 40.7 Å². The van der Waals surface area contributed by atoms with Gasteiger partial charge < -0.3 is 27.1 Å². The average Bonchev–Trinajstić information content (AvgIpc) is 0.760. The summed E-state index contributed by atoms with van der Waals surface area (Å²) in [7, 11) is -5.51. The molecular formula is C109H175O9P3. The van der Waals surface area contributed by atoms with Gasteiger partial charge in [0.15, 0.2) is 0 Å². The summed E-state index contributed by atoms with van der Waals surface area (Å²) >= 11 is 0. The Kier molecular flexibility index (Phi) is 52.2. The van der Waals surface area contributed by atoms with Crippen LogP contribution in [0.3, 0.4) is 0 Å². The van der Waals surface area contributed by atoms with Gasteiger partial charge in [0.25, 0.3) is 0 Å². The van der Waals surface area contributed by atoms with E-state index in [4.69, 9.17) is 40.7 Å². The molecule has 0 heterocycles. The van der Waals surface area contributed by atoms with Crippen molar-refractivity contribution in [3.05, 3.63) is 176 Å². The first-order chi connectivity index (χ1) is 58.4. The van der Waals surface area contributed by atoms with Crippen LogP contribution in [-0.2, 0) is 49.1 Å². The van der Waals surface area contributed by atoms with Crippen molar-refractivity contribution in [1.82, 2.24) is 0 Å². The van der Waals surface area contributed by atoms with Crippen molar-refractivity contribution in [2.75, 3.05) is 19.8 Å². The van der Waals surface area contributed by atoms with E-state index >= 15 is 0 Å². The molecule has 0 N–H and O–H groups in total. The SMILES string of the molecule is CCCCCCCCCOP(Oc1cccc(CCCCCCCCC)c1)Oc1cc(C)c(C(C)CC(c2cc(C(C)(C)C)c(OP(OCCCCCCCCC)Oc3cccc(CCCCCCCCC)c3)cc2C)c2cc(C(C)(C)C)c(OP(OCCCCCCCCC)Oc3cccc(CCCCCCCCC)c3)cc2C)cc1C(C)(C)C. The van der Waals surface area contributed by atoms with Gasteiger partial charge in [-0.05, 0) is 212 Å². The normalized spacial score (nSPS) is 13.3. The van der Waals surface area contributed by atoms with E-state index in [0.29, 0.717) is 19.8 Å². The van der Waals surface area contributed by atoms with Crippen LogP contribution in [0.4, 0.5) is 0 Å². The third-order valence-corrected chi connectivity index (χ3v) is 27.5. The number of benzene rings is 6. The number of hydrogen-bond acceptors (Lipinski definition) is 9. The first-order valence-electron chi connectivity index (χ1n) is 49.5. The van der Waals surface area contributed by atoms with Gasteiger partial charge in [-0.25, -0.2) is 0 Å². The van der Waals surface area contributed by atoms with Crippen LogP contribution < -0.4 is 27.1 Å². The average molecular weight is 1720 g/mol. The lowest BCUT2D eigenvalue weighted by Gasteiger charge is -2.33. The zero-order valence-electron chi connectivity index (χ0n) is 80.7. The van der Waals surface area contributed by atoms with Gasteiger partial charge >= 0.3 is 25.8 Å². The monoisotopic (exact) mass is 1720 g/mol. The molecule has 680 valence electrons. The fourth-order valence-corrected chi connectivity index (χ4v) is 19.8. The molecule has 12 heteroatoms. The molecule has 0 saturated carbocycles. The number of aryl methyl sites for hydroxylation is 6. The van der Waals surface area contributed by atoms with Crippen molar-refractivity contribution >= 4 is 25.8 Å². The molecule has 0 spiro atoms. The topological polar surface area (TPSA) is 83.1 Å². The lowest BCUT2D eigenvalue weighted by Crippen LogP contribution is -2.19. The molecule has 0 bridgehead atoms. The second-order valence-electron chi connectivity index (χ2n) is 38.7. The zero-order chi connectivity index (χ0) is 87.5. The van der Waals surface area contributed by atoms with Gasteiger partial charge in [0.1, 0.15) is 34.5 Å². The molecule has 4 atom stereocenters. The molecule has 6 aromatic rings. The molecule has 0 aliphatic rings. The van der Waals surface area contributed by atoms with Crippen LogP contribution in [0.25, 0.3) is 0 Å². The van der Waals surface area contributed by atoms with Gasteiger partial charge in [-0.1, -0.05) is 397 Å². The van der Waals surface area contributed by atoms with Crippen molar-refractivity contribution in [2.45, 2.75) is 455 Å². The maximum atomic E-state index is 7.35. The van der Waals surface area contributed by atoms with E-state index in [1.54, 1.807) is 0 Å². The standard InChI is InChI=1S/C109H175O9P3/c1-20-26-32-38-44-50-56-65-91-68-62-71-94(81-91)113-119(110-74-59-53-47-41-35-29-23-4)116-104-78-88(8)97(84-101(104)107(11,12)13)87(7)77-100(98-85-102(108(14,15)16)105(79-89(98)9)117-120(111-75-60-54-48-42-36-30-24-5)114-95-72-63-69-92(82-95)66-57-51-45-39-33-27-21-2)99-86-103(109(17,18)19)106(80-90(99)10)118-121(112-76-61-55-49-43-37-31-25-6)115-96-73-64-70-93(83-96)67-58-52-46-40-34-28-22-3/h62-64,68-73,78-87,100H,20-61,65-67,74-77H2,1-19H3. The minimum atomic E-state index is -1.85. The molecule has 0 aliphatic heterocycles. The molecule has 0 amide bonds. The summed E-state index contributed by atoms with van der Waals surface area (Å²) < 4.78 is 63.5. The minimum absolute atomic E-state index is 0.0765. The summed E-state index contributed by atoms with van der Waals surface area (Å²) in [6.07, 6.45) is 56.0. The van der Waals surface area contributed by atoms with Crippen molar-refractivity contribution in [1.29, 1.82) is 0 Å². The Hall–Kier alpha value is -4.71. The Bertz CT molecular complexity index is 3560. The molecule has 4 unspecified atom stereocenters. The fraction of sp³-hybridized carbons (Fsp3) is 0.670. The van der Waals surface area contributed by atoms with E-state index in [1.165, 1.54) is 270 Å². The summed E-state index contributed by atoms with van der Waals surface area (Å²) in [6, 6.07) is 40.5. The van der Waals surface area contributed by atoms with Crippen LogP contribution in [0.1, 0.15) is 465 Å². The van der Waals surface area contributed by atoms with Gasteiger partial charge in [0, 0.05) is 22.6 Å². The lowest BCUT2D eigenvalue weighted by molar-refractivity contribution is 0.256. The number of rotatable bonds is 68. The van der Waals surface area contributed by atoms with Crippen LogP contribution >= 0.6 is 25.8 Å². The van der Waals surface area contributed by atoms with Crippen LogP contribution in [0.5, 0.6) is 34.5 Å². The maximum absolute atomic E-state index is 7.35. The lowest BCUT2D eigenvalue weighted by atomic mass is 9.74. The minimum Gasteiger partial charge on any atom is -0.418 e. The van der Waals surface area contributed by atoms with Crippen LogP contribution in [0.2, 0.25) is 0 Å². The van der Waals surface area contributed by atoms with Crippen molar-refractivity contribution in [2.24, 2.45) is 0 Å². The Morgan fingerprint density at radius 2 is 0.496 bits per heavy atom. The molecule has 0 fully saturated rings. The molecular weight excluding hydrogens is 1550 g/mol. The Morgan fingerprint density at radius 3 is 0.752 bits per heavy atom. The molecule has 121 heavy (non-hydrogen) atoms. The Morgan fingerprint density at radius 1 is 0.264 bits per heavy atom. The van der Waals surface area contributed by atoms with E-state index in [1.807, 2.05) is 0 Å². The summed E-state index contributed by atoms with van der Waals surface area (Å²) in [5, 5.41) is 0. The zero-order valence-corrected chi connectivity index (χ0v) is 83.4. The number of unbranched alkanes of at least 4 members (excludes halogenated alkanes) is 36. The maximum Gasteiger partial charge on any atom is 0.463 e. The highest BCUT2D eigenvalue weighted by atomic mass is 31.2. The highest BCUT2D eigenvalue weighted by molar-refractivity contribution is 7.43. The molecule has 0 aliphatic carbocycles. The third kappa shape index (κ3) is 41.7. The summed E-state index contributed by atoms with van der Waals surface area (Å²) in [5.41, 5.74) is 13.7. The second-order valence-corrected chi connectivity index (χ2v) is 41.9. The van der Waals surface area contributed by atoms with E-state index in [-0.39, 0.29) is 28.1 Å². The highest BCUT2D eigenvalue weighted by Gasteiger charge is 2.35. The molecule has 6 aromatic carbocycles. The predicted molar refractivity (Wildman–Crippen MR) is 525 cm³/mol. The third-order valence-electron chi connectivity index (χ3n) is 24.2. The number of hydrogen-bond donors (Lipinski definition) is 0. The fourth-order valence-electron chi connectivity index (χ4n) is 16.7. The van der Waals surface area contributed by atoms with Crippen molar-refractivity contribution in [3.63, 3.8) is 0 Å². The predicted octanol–water partition coefficient (Wildman–Crippen LogP) is 37.1. The van der Waals surface area contributed by atoms with Crippen LogP contribution in [0.15, 0.2) is 109 Å². The van der Waals surface area contributed by atoms with E-state index in [0.717, 1.165) is 127 Å². The molecule has 9 nitrogen and oxygen atoms in total. The highest BCUT2D eigenvalue weighted by Crippen LogP contribution is 2.53. The molecule has 6 rings (SSSR count). The summed E-state index contributed by atoms with van der Waals surface area (Å²) in [5.74, 6) is 4.84. The van der Waals surface area contributed by atoms with Gasteiger partial charge in [-0.3, -0.25) is 13.6 Å². The van der Waals surface area contributed by atoms with Gasteiger partial charge in [-0.15, -0.1) is 0 Å². The van der Waals surface area contributed by atoms with E-state index in [2.05, 4.69) is 241 Å². The van der Waals surface area contributed by atoms with Crippen LogP contribution in [-0.4, -0.2) is 19.8 Å². The van der Waals surface area contributed by atoms with Gasteiger partial charge in [-0.2, -0.15) is 0 Å². The van der Waals surface area contributed by atoms with Crippen LogP contribution in [0, 0.1) is 20.8 Å². The molecule has 0 aromatic heterocycles. The Labute approximate surface area is 747 Å². The molecule has 0 saturated heterocycles. The smallest absolute Gasteiger partial charge is 0.418 e. The van der Waals surface area contributed by atoms with Crippen molar-refractivity contribution in [3.8, 4) is 34.5 Å². The largest absolute Gasteiger partial charge is 0.463 e. The van der Waals surface area contributed by atoms with E-state index < -0.39 is 25.8 Å². The quantitative estimate of drug-likeness (QED) is 0.0274. The second kappa shape index (κ2) is 60.1. The summed E-state index contributed by atoms with van der Waals surface area (Å²) in [4.78, 5) is 0. The summed E-state index contributed by atoms with van der Waals surface area (Å²) in [6.45, 7) is 45.7. The van der Waals surface area contributed by atoms with Gasteiger partial charge in [0.2, 0.25) is 0 Å². The molecule has 0 radical (unpaired) electrons. The first-order valence-corrected chi connectivity index (χ1v) is 52.8.